The summed E-state index contributed by atoms with van der Waals surface area (Å²) in [6, 6.07) is 5.12. The SMILES string of the molecule is CC(C)(C)C=C(Oc1ccc(Cl)cc1Cl)c1ncc[nH]1. The fourth-order valence-corrected chi connectivity index (χ4v) is 2.06. The fraction of sp³-hybridized carbons (Fsp3) is 0.267. The Morgan fingerprint density at radius 2 is 2.05 bits per heavy atom. The van der Waals surface area contributed by atoms with Crippen LogP contribution in [0.2, 0.25) is 10.0 Å². The van der Waals surface area contributed by atoms with E-state index in [4.69, 9.17) is 27.9 Å². The smallest absolute Gasteiger partial charge is 0.173 e. The van der Waals surface area contributed by atoms with E-state index in [-0.39, 0.29) is 5.41 Å². The van der Waals surface area contributed by atoms with Gasteiger partial charge in [0.15, 0.2) is 11.6 Å². The summed E-state index contributed by atoms with van der Waals surface area (Å²) in [6.07, 6.45) is 5.42. The van der Waals surface area contributed by atoms with Gasteiger partial charge in [-0.25, -0.2) is 4.98 Å². The summed E-state index contributed by atoms with van der Waals surface area (Å²) in [4.78, 5) is 7.26. The Labute approximate surface area is 128 Å². The molecule has 2 rings (SSSR count). The van der Waals surface area contributed by atoms with Gasteiger partial charge >= 0.3 is 0 Å². The number of allylic oxidation sites excluding steroid dienone is 1. The molecule has 0 aliphatic rings. The van der Waals surface area contributed by atoms with Crippen LogP contribution in [0.5, 0.6) is 5.75 Å². The van der Waals surface area contributed by atoms with E-state index >= 15 is 0 Å². The van der Waals surface area contributed by atoms with Gasteiger partial charge < -0.3 is 9.72 Å². The predicted molar refractivity (Wildman–Crippen MR) is 83.1 cm³/mol. The summed E-state index contributed by atoms with van der Waals surface area (Å²) >= 11 is 12.0. The van der Waals surface area contributed by atoms with E-state index in [9.17, 15) is 0 Å². The van der Waals surface area contributed by atoms with Crippen LogP contribution in [-0.4, -0.2) is 9.97 Å². The van der Waals surface area contributed by atoms with Crippen molar-refractivity contribution in [1.82, 2.24) is 9.97 Å². The second-order valence-corrected chi connectivity index (χ2v) is 6.33. The molecule has 1 heterocycles. The van der Waals surface area contributed by atoms with Gasteiger partial charge in [-0.3, -0.25) is 0 Å². The van der Waals surface area contributed by atoms with Crippen LogP contribution < -0.4 is 4.74 Å². The average molecular weight is 311 g/mol. The Hall–Kier alpha value is -1.45. The van der Waals surface area contributed by atoms with Gasteiger partial charge in [-0.05, 0) is 29.7 Å². The molecule has 0 saturated carbocycles. The number of nitrogens with one attached hydrogen (secondary N) is 1. The number of ether oxygens (including phenoxy) is 1. The van der Waals surface area contributed by atoms with E-state index < -0.39 is 0 Å². The maximum absolute atomic E-state index is 6.14. The first-order valence-corrected chi connectivity index (χ1v) is 6.96. The zero-order chi connectivity index (χ0) is 14.8. The molecule has 0 amide bonds. The highest BCUT2D eigenvalue weighted by Crippen LogP contribution is 2.32. The summed E-state index contributed by atoms with van der Waals surface area (Å²) in [7, 11) is 0. The third-order valence-corrected chi connectivity index (χ3v) is 2.94. The molecule has 0 saturated heterocycles. The topological polar surface area (TPSA) is 37.9 Å². The molecule has 0 spiro atoms. The minimum atomic E-state index is -0.0545. The predicted octanol–water partition coefficient (Wildman–Crippen LogP) is 5.18. The zero-order valence-electron chi connectivity index (χ0n) is 11.6. The van der Waals surface area contributed by atoms with Gasteiger partial charge in [0.25, 0.3) is 0 Å². The number of hydrogen-bond acceptors (Lipinski definition) is 2. The van der Waals surface area contributed by atoms with Crippen molar-refractivity contribution in [1.29, 1.82) is 0 Å². The average Bonchev–Trinajstić information content (AvgIpc) is 2.83. The standard InChI is InChI=1S/C15H16Cl2N2O/c1-15(2,3)9-13(14-18-6-7-19-14)20-12-5-4-10(16)8-11(12)17/h4-9H,1-3H3,(H,18,19). The summed E-state index contributed by atoms with van der Waals surface area (Å²) in [5.74, 6) is 1.83. The lowest BCUT2D eigenvalue weighted by molar-refractivity contribution is 0.480. The minimum Gasteiger partial charge on any atom is -0.452 e. The molecule has 0 unspecified atom stereocenters. The number of benzene rings is 1. The number of aromatic amines is 1. The molecule has 1 N–H and O–H groups in total. The normalized spacial score (nSPS) is 12.6. The lowest BCUT2D eigenvalue weighted by Gasteiger charge is -2.16. The third-order valence-electron chi connectivity index (χ3n) is 2.41. The van der Waals surface area contributed by atoms with Gasteiger partial charge in [-0.15, -0.1) is 0 Å². The number of halogens is 2. The van der Waals surface area contributed by atoms with Crippen molar-refractivity contribution >= 4 is 29.0 Å². The van der Waals surface area contributed by atoms with Gasteiger partial charge in [0.1, 0.15) is 5.75 Å². The summed E-state index contributed by atoms with van der Waals surface area (Å²) in [6.45, 7) is 6.26. The summed E-state index contributed by atoms with van der Waals surface area (Å²) in [5.41, 5.74) is -0.0545. The summed E-state index contributed by atoms with van der Waals surface area (Å²) in [5, 5.41) is 1.03. The maximum atomic E-state index is 6.14. The van der Waals surface area contributed by atoms with Gasteiger partial charge in [0.2, 0.25) is 0 Å². The van der Waals surface area contributed by atoms with E-state index in [1.165, 1.54) is 0 Å². The van der Waals surface area contributed by atoms with Crippen molar-refractivity contribution in [3.05, 3.63) is 52.5 Å². The lowest BCUT2D eigenvalue weighted by atomic mass is 9.95. The number of hydrogen-bond donors (Lipinski definition) is 1. The van der Waals surface area contributed by atoms with Crippen molar-refractivity contribution in [2.75, 3.05) is 0 Å². The second-order valence-electron chi connectivity index (χ2n) is 5.49. The zero-order valence-corrected chi connectivity index (χ0v) is 13.1. The number of nitrogens with zero attached hydrogens (tertiary/aromatic N) is 1. The second kappa shape index (κ2) is 5.90. The molecule has 0 bridgehead atoms. The number of aromatic nitrogens is 2. The quantitative estimate of drug-likeness (QED) is 0.793. The molecule has 0 aliphatic carbocycles. The minimum absolute atomic E-state index is 0.0545. The van der Waals surface area contributed by atoms with E-state index in [0.29, 0.717) is 27.4 Å². The van der Waals surface area contributed by atoms with Gasteiger partial charge in [0, 0.05) is 17.4 Å². The monoisotopic (exact) mass is 310 g/mol. The highest BCUT2D eigenvalue weighted by molar-refractivity contribution is 6.35. The summed E-state index contributed by atoms with van der Waals surface area (Å²) < 4.78 is 5.90. The molecule has 0 fully saturated rings. The van der Waals surface area contributed by atoms with E-state index in [1.807, 2.05) is 6.08 Å². The highest BCUT2D eigenvalue weighted by atomic mass is 35.5. The molecule has 2 aromatic rings. The van der Waals surface area contributed by atoms with E-state index in [2.05, 4.69) is 30.7 Å². The van der Waals surface area contributed by atoms with Crippen molar-refractivity contribution in [2.24, 2.45) is 5.41 Å². The molecule has 5 heteroatoms. The number of imidazole rings is 1. The van der Waals surface area contributed by atoms with Gasteiger partial charge in [-0.1, -0.05) is 44.0 Å². The van der Waals surface area contributed by atoms with Crippen LogP contribution in [-0.2, 0) is 0 Å². The van der Waals surface area contributed by atoms with Crippen LogP contribution in [0.15, 0.2) is 36.7 Å². The molecule has 3 nitrogen and oxygen atoms in total. The highest BCUT2D eigenvalue weighted by Gasteiger charge is 2.15. The number of H-pyrrole nitrogens is 1. The Kier molecular flexibility index (Phi) is 4.41. The third kappa shape index (κ3) is 4.02. The largest absolute Gasteiger partial charge is 0.452 e. The molecule has 106 valence electrons. The molecule has 0 aliphatic heterocycles. The van der Waals surface area contributed by atoms with E-state index in [1.54, 1.807) is 30.6 Å². The first kappa shape index (κ1) is 14.9. The van der Waals surface area contributed by atoms with Crippen LogP contribution in [0, 0.1) is 5.41 Å². The van der Waals surface area contributed by atoms with Crippen LogP contribution in [0.3, 0.4) is 0 Å². The Bertz CT molecular complexity index is 613. The lowest BCUT2D eigenvalue weighted by Crippen LogP contribution is -2.06. The van der Waals surface area contributed by atoms with Gasteiger partial charge in [-0.2, -0.15) is 0 Å². The number of rotatable bonds is 3. The molecular weight excluding hydrogens is 295 g/mol. The Balaban J connectivity index is 2.36. The fourth-order valence-electron chi connectivity index (χ4n) is 1.62. The van der Waals surface area contributed by atoms with Crippen molar-refractivity contribution in [3.63, 3.8) is 0 Å². The Morgan fingerprint density at radius 1 is 1.30 bits per heavy atom. The van der Waals surface area contributed by atoms with Crippen LogP contribution in [0.25, 0.3) is 5.76 Å². The molecule has 0 radical (unpaired) electrons. The first-order valence-electron chi connectivity index (χ1n) is 6.21. The molecule has 0 atom stereocenters. The molecular formula is C15H16Cl2N2O. The molecule has 1 aromatic carbocycles. The Morgan fingerprint density at radius 3 is 2.60 bits per heavy atom. The molecule has 20 heavy (non-hydrogen) atoms. The van der Waals surface area contributed by atoms with Crippen LogP contribution >= 0.6 is 23.2 Å². The van der Waals surface area contributed by atoms with Crippen LogP contribution in [0.1, 0.15) is 26.6 Å². The maximum Gasteiger partial charge on any atom is 0.173 e. The van der Waals surface area contributed by atoms with E-state index in [0.717, 1.165) is 0 Å². The van der Waals surface area contributed by atoms with Gasteiger partial charge in [0.05, 0.1) is 5.02 Å². The van der Waals surface area contributed by atoms with Crippen molar-refractivity contribution in [2.45, 2.75) is 20.8 Å². The molecule has 1 aromatic heterocycles. The first-order chi connectivity index (χ1) is 9.35. The van der Waals surface area contributed by atoms with Crippen LogP contribution in [0.4, 0.5) is 0 Å². The van der Waals surface area contributed by atoms with Crippen molar-refractivity contribution in [3.8, 4) is 5.75 Å². The van der Waals surface area contributed by atoms with Crippen molar-refractivity contribution < 1.29 is 4.74 Å².